The van der Waals surface area contributed by atoms with E-state index in [1.807, 2.05) is 26.0 Å². The molecule has 3 aliphatic rings. The zero-order chi connectivity index (χ0) is 18.6. The van der Waals surface area contributed by atoms with Gasteiger partial charge in [0.25, 0.3) is 10.0 Å². The summed E-state index contributed by atoms with van der Waals surface area (Å²) < 4.78 is 28.4. The Morgan fingerprint density at radius 2 is 1.65 bits per heavy atom. The number of imidazole rings is 1. The minimum Gasteiger partial charge on any atom is -0.334 e. The highest BCUT2D eigenvalue weighted by Crippen LogP contribution is 2.38. The fourth-order valence-corrected chi connectivity index (χ4v) is 5.26. The third-order valence-electron chi connectivity index (χ3n) is 5.51. The van der Waals surface area contributed by atoms with Crippen molar-refractivity contribution in [3.05, 3.63) is 24.7 Å². The number of sulfonamides is 1. The van der Waals surface area contributed by atoms with Crippen molar-refractivity contribution in [3.63, 3.8) is 0 Å². The minimum absolute atomic E-state index is 0.00148. The molecule has 0 radical (unpaired) electrons. The van der Waals surface area contributed by atoms with Crippen molar-refractivity contribution in [1.29, 1.82) is 0 Å². The van der Waals surface area contributed by atoms with Crippen molar-refractivity contribution in [1.82, 2.24) is 18.8 Å². The molecule has 0 saturated carbocycles. The van der Waals surface area contributed by atoms with Crippen molar-refractivity contribution in [2.45, 2.75) is 43.8 Å². The van der Waals surface area contributed by atoms with Crippen molar-refractivity contribution in [3.8, 4) is 0 Å². The molecule has 0 aromatic carbocycles. The molecular formula is C17H22N4O4S. The highest BCUT2D eigenvalue weighted by atomic mass is 32.2. The van der Waals surface area contributed by atoms with Crippen molar-refractivity contribution in [2.24, 2.45) is 11.8 Å². The smallest absolute Gasteiger partial charge is 0.262 e. The summed E-state index contributed by atoms with van der Waals surface area (Å²) in [7, 11) is -3.70. The van der Waals surface area contributed by atoms with Crippen LogP contribution in [-0.2, 0) is 19.6 Å². The Bertz CT molecular complexity index is 856. The lowest BCUT2D eigenvalue weighted by Crippen LogP contribution is -2.62. The molecular weight excluding hydrogens is 356 g/mol. The van der Waals surface area contributed by atoms with Gasteiger partial charge in [0.1, 0.15) is 0 Å². The molecule has 0 N–H and O–H groups in total. The number of amides is 2. The molecule has 1 aliphatic carbocycles. The maximum atomic E-state index is 12.7. The third-order valence-corrected chi connectivity index (χ3v) is 7.23. The SMILES string of the molecule is CC(C)n1cnc(S(=O)(=O)N2CC(N3C(=O)[C@@H]4CC=CC[C@H]4C3=O)C2)c1. The molecule has 2 saturated heterocycles. The van der Waals surface area contributed by atoms with Crippen LogP contribution in [0.4, 0.5) is 0 Å². The second kappa shape index (κ2) is 6.02. The maximum Gasteiger partial charge on any atom is 0.262 e. The fourth-order valence-electron chi connectivity index (χ4n) is 3.83. The van der Waals surface area contributed by atoms with E-state index in [-0.39, 0.29) is 53.8 Å². The predicted octanol–water partition coefficient (Wildman–Crippen LogP) is 0.788. The number of hydrogen-bond donors (Lipinski definition) is 0. The van der Waals surface area contributed by atoms with Crippen LogP contribution in [0.5, 0.6) is 0 Å². The Balaban J connectivity index is 1.46. The summed E-state index contributed by atoms with van der Waals surface area (Å²) in [5.41, 5.74) is 0. The topological polar surface area (TPSA) is 92.6 Å². The van der Waals surface area contributed by atoms with E-state index in [9.17, 15) is 18.0 Å². The molecule has 9 heteroatoms. The highest BCUT2D eigenvalue weighted by molar-refractivity contribution is 7.89. The van der Waals surface area contributed by atoms with Gasteiger partial charge in [-0.2, -0.15) is 4.31 Å². The standard InChI is InChI=1S/C17H22N4O4S/c1-11(2)19-9-15(18-10-19)26(24,25)20-7-12(8-20)21-16(22)13-5-3-4-6-14(13)17(21)23/h3-4,9-14H,5-8H2,1-2H3/t13-,14-/m1/s1. The lowest BCUT2D eigenvalue weighted by Gasteiger charge is -2.41. The van der Waals surface area contributed by atoms with E-state index in [0.717, 1.165) is 0 Å². The Kier molecular flexibility index (Phi) is 4.03. The molecule has 2 fully saturated rings. The third kappa shape index (κ3) is 2.52. The van der Waals surface area contributed by atoms with Crippen LogP contribution in [0.25, 0.3) is 0 Å². The van der Waals surface area contributed by atoms with Crippen LogP contribution >= 0.6 is 0 Å². The Hall–Kier alpha value is -2.00. The zero-order valence-electron chi connectivity index (χ0n) is 14.8. The van der Waals surface area contributed by atoms with E-state index in [4.69, 9.17) is 0 Å². The number of nitrogens with zero attached hydrogens (tertiary/aromatic N) is 4. The van der Waals surface area contributed by atoms with Gasteiger partial charge in [0.05, 0.1) is 24.2 Å². The van der Waals surface area contributed by atoms with Crippen LogP contribution in [0.1, 0.15) is 32.7 Å². The van der Waals surface area contributed by atoms with Gasteiger partial charge < -0.3 is 4.57 Å². The van der Waals surface area contributed by atoms with Gasteiger partial charge >= 0.3 is 0 Å². The number of hydrogen-bond acceptors (Lipinski definition) is 5. The van der Waals surface area contributed by atoms with Crippen molar-refractivity contribution in [2.75, 3.05) is 13.1 Å². The number of rotatable bonds is 4. The second-order valence-corrected chi connectivity index (χ2v) is 9.32. The van der Waals surface area contributed by atoms with E-state index >= 15 is 0 Å². The summed E-state index contributed by atoms with van der Waals surface area (Å²) >= 11 is 0. The number of imide groups is 1. The summed E-state index contributed by atoms with van der Waals surface area (Å²) in [6.07, 6.45) is 8.08. The molecule has 2 amide bonds. The maximum absolute atomic E-state index is 12.7. The summed E-state index contributed by atoms with van der Waals surface area (Å²) in [6, 6.07) is -0.255. The predicted molar refractivity (Wildman–Crippen MR) is 92.4 cm³/mol. The number of fused-ring (bicyclic) bond motifs is 1. The molecule has 0 spiro atoms. The summed E-state index contributed by atoms with van der Waals surface area (Å²) in [4.78, 5) is 30.5. The minimum atomic E-state index is -3.70. The number of allylic oxidation sites excluding steroid dienone is 2. The molecule has 4 rings (SSSR count). The van der Waals surface area contributed by atoms with Gasteiger partial charge in [-0.05, 0) is 26.7 Å². The Morgan fingerprint density at radius 3 is 2.15 bits per heavy atom. The Morgan fingerprint density at radius 1 is 1.08 bits per heavy atom. The number of aromatic nitrogens is 2. The van der Waals surface area contributed by atoms with E-state index in [1.165, 1.54) is 21.7 Å². The van der Waals surface area contributed by atoms with Gasteiger partial charge in [0, 0.05) is 25.3 Å². The first-order chi connectivity index (χ1) is 12.3. The van der Waals surface area contributed by atoms with E-state index in [2.05, 4.69) is 4.98 Å². The summed E-state index contributed by atoms with van der Waals surface area (Å²) in [5.74, 6) is -0.870. The lowest BCUT2D eigenvalue weighted by atomic mass is 9.85. The molecule has 26 heavy (non-hydrogen) atoms. The number of likely N-dealkylation sites (tertiary alicyclic amines) is 1. The quantitative estimate of drug-likeness (QED) is 0.570. The van der Waals surface area contributed by atoms with Gasteiger partial charge in [-0.25, -0.2) is 13.4 Å². The van der Waals surface area contributed by atoms with Gasteiger partial charge in [0.15, 0.2) is 5.03 Å². The molecule has 8 nitrogen and oxygen atoms in total. The van der Waals surface area contributed by atoms with Crippen LogP contribution in [0.15, 0.2) is 29.7 Å². The first kappa shape index (κ1) is 17.4. The van der Waals surface area contributed by atoms with Crippen LogP contribution in [0, 0.1) is 11.8 Å². The van der Waals surface area contributed by atoms with Gasteiger partial charge in [-0.15, -0.1) is 0 Å². The van der Waals surface area contributed by atoms with E-state index in [0.29, 0.717) is 12.8 Å². The van der Waals surface area contributed by atoms with E-state index < -0.39 is 10.0 Å². The molecule has 2 atom stereocenters. The van der Waals surface area contributed by atoms with Crippen LogP contribution in [-0.4, -0.2) is 58.1 Å². The molecule has 1 aromatic rings. The monoisotopic (exact) mass is 378 g/mol. The molecule has 0 unspecified atom stereocenters. The number of carbonyl (C=O) groups is 2. The zero-order valence-corrected chi connectivity index (χ0v) is 15.6. The van der Waals surface area contributed by atoms with Gasteiger partial charge in [0.2, 0.25) is 11.8 Å². The normalized spacial score (nSPS) is 27.3. The number of carbonyl (C=O) groups excluding carboxylic acids is 2. The second-order valence-electron chi connectivity index (χ2n) is 7.43. The van der Waals surface area contributed by atoms with Gasteiger partial charge in [-0.3, -0.25) is 14.5 Å². The largest absolute Gasteiger partial charge is 0.334 e. The molecule has 140 valence electrons. The summed E-state index contributed by atoms with van der Waals surface area (Å²) in [5, 5.41) is 0.00148. The first-order valence-corrected chi connectivity index (χ1v) is 10.3. The fraction of sp³-hybridized carbons (Fsp3) is 0.588. The molecule has 0 bridgehead atoms. The van der Waals surface area contributed by atoms with Gasteiger partial charge in [-0.1, -0.05) is 12.2 Å². The molecule has 1 aromatic heterocycles. The Labute approximate surface area is 152 Å². The van der Waals surface area contributed by atoms with Crippen LogP contribution < -0.4 is 0 Å². The van der Waals surface area contributed by atoms with Crippen molar-refractivity contribution >= 4 is 21.8 Å². The average Bonchev–Trinajstić information content (AvgIpc) is 3.14. The highest BCUT2D eigenvalue weighted by Gasteiger charge is 2.53. The lowest BCUT2D eigenvalue weighted by molar-refractivity contribution is -0.145. The first-order valence-electron chi connectivity index (χ1n) is 8.86. The van der Waals surface area contributed by atoms with Crippen molar-refractivity contribution < 1.29 is 18.0 Å². The molecule has 3 heterocycles. The van der Waals surface area contributed by atoms with Crippen LogP contribution in [0.3, 0.4) is 0 Å². The average molecular weight is 378 g/mol. The van der Waals surface area contributed by atoms with E-state index in [1.54, 1.807) is 4.57 Å². The summed E-state index contributed by atoms with van der Waals surface area (Å²) in [6.45, 7) is 4.16. The molecule has 2 aliphatic heterocycles. The van der Waals surface area contributed by atoms with Crippen LogP contribution in [0.2, 0.25) is 0 Å².